The summed E-state index contributed by atoms with van der Waals surface area (Å²) in [5.74, 6) is -8.16. The van der Waals surface area contributed by atoms with Crippen molar-refractivity contribution in [1.29, 1.82) is 0 Å². The SMILES string of the molecule is CSCC[C@H](NC(=O)[C@H](CC(C)C)NC(=O)[C@H](CC(C)C)NC(=O)[C@@H]1CCCN1C(=O)[C@@H](N)Cc1cnc[nH]1)C(=O)N[C@@H](CCCN=C(N)N)C(=O)N[C@@H](CC(C)C)C(=O)N[C@@H](CC(C)C)C(=O)N[C@@H](CC(C)C)C(=O)N[C@@H](CO)C(=O)N1CCC[C@H]1C(N)=O. The number of carbonyl (C=O) groups excluding carboxylic acids is 11. The molecule has 18 N–H and O–H groups in total. The van der Waals surface area contributed by atoms with Crippen LogP contribution in [0.15, 0.2) is 17.5 Å². The number of amides is 11. The molecule has 3 rings (SSSR count). The number of aliphatic imine (C=N–C) groups is 1. The second-order valence-electron chi connectivity index (χ2n) is 25.7. The van der Waals surface area contributed by atoms with Crippen molar-refractivity contribution in [3.8, 4) is 0 Å². The Balaban J connectivity index is 1.87. The van der Waals surface area contributed by atoms with Crippen LogP contribution >= 0.6 is 11.8 Å². The summed E-state index contributed by atoms with van der Waals surface area (Å²) in [6, 6.07) is -12.8. The van der Waals surface area contributed by atoms with Crippen LogP contribution < -0.4 is 65.5 Å². The van der Waals surface area contributed by atoms with Gasteiger partial charge in [0.05, 0.1) is 19.0 Å². The number of hydrogen-bond donors (Lipinski definition) is 14. The van der Waals surface area contributed by atoms with Gasteiger partial charge in [0.15, 0.2) is 5.96 Å². The summed E-state index contributed by atoms with van der Waals surface area (Å²) in [6.45, 7) is 18.1. The van der Waals surface area contributed by atoms with Gasteiger partial charge in [0.2, 0.25) is 65.0 Å². The molecule has 30 heteroatoms. The lowest BCUT2D eigenvalue weighted by atomic mass is 9.98. The average molecular weight is 1290 g/mol. The summed E-state index contributed by atoms with van der Waals surface area (Å²) in [6.07, 6.45) is 7.55. The maximum atomic E-state index is 14.6. The van der Waals surface area contributed by atoms with Crippen LogP contribution in [0.25, 0.3) is 0 Å². The number of nitrogens with one attached hydrogen (secondary N) is 9. The molecule has 0 aliphatic carbocycles. The van der Waals surface area contributed by atoms with E-state index < -0.39 is 138 Å². The Labute approximate surface area is 534 Å². The number of nitrogens with two attached hydrogens (primary N) is 4. The number of hydrogen-bond acceptors (Lipinski definition) is 16. The third-order valence-electron chi connectivity index (χ3n) is 15.3. The number of thioether (sulfide) groups is 1. The fourth-order valence-electron chi connectivity index (χ4n) is 10.9. The Morgan fingerprint density at radius 3 is 1.32 bits per heavy atom. The minimum atomic E-state index is -1.45. The number of imidazole rings is 1. The molecule has 2 aliphatic heterocycles. The minimum absolute atomic E-state index is 0.0442. The number of aliphatic hydroxyl groups excluding tert-OH is 1. The van der Waals surface area contributed by atoms with Crippen molar-refractivity contribution in [2.45, 2.75) is 219 Å². The van der Waals surface area contributed by atoms with E-state index in [0.717, 1.165) is 0 Å². The summed E-state index contributed by atoms with van der Waals surface area (Å²) in [5, 5.41) is 32.3. The molecule has 0 radical (unpaired) electrons. The number of aromatic amines is 1. The monoisotopic (exact) mass is 1290 g/mol. The first-order valence-corrected chi connectivity index (χ1v) is 33.0. The Morgan fingerprint density at radius 2 is 0.944 bits per heavy atom. The van der Waals surface area contributed by atoms with Crippen LogP contribution in [-0.4, -0.2) is 201 Å². The van der Waals surface area contributed by atoms with Crippen molar-refractivity contribution >= 4 is 82.7 Å². The van der Waals surface area contributed by atoms with Gasteiger partial charge < -0.3 is 85.4 Å². The fourth-order valence-corrected chi connectivity index (χ4v) is 11.4. The third kappa shape index (κ3) is 26.0. The van der Waals surface area contributed by atoms with Crippen molar-refractivity contribution in [2.24, 2.45) is 57.5 Å². The highest BCUT2D eigenvalue weighted by Gasteiger charge is 2.41. The van der Waals surface area contributed by atoms with E-state index in [9.17, 15) is 57.8 Å². The second kappa shape index (κ2) is 38.6. The number of aromatic nitrogens is 2. The molecule has 29 nitrogen and oxygen atoms in total. The lowest BCUT2D eigenvalue weighted by molar-refractivity contribution is -0.142. The number of carbonyl (C=O) groups is 11. The quantitative estimate of drug-likeness (QED) is 0.0206. The molecule has 0 saturated carbocycles. The molecular weight excluding hydrogens is 1180 g/mol. The lowest BCUT2D eigenvalue weighted by Crippen LogP contribution is -2.61. The number of likely N-dealkylation sites (tertiary alicyclic amines) is 2. The molecule has 1 aromatic rings. The molecule has 0 aromatic carbocycles. The van der Waals surface area contributed by atoms with Crippen LogP contribution in [0.5, 0.6) is 0 Å². The van der Waals surface area contributed by atoms with Crippen LogP contribution in [0, 0.1) is 29.6 Å². The second-order valence-corrected chi connectivity index (χ2v) is 26.7. The zero-order valence-corrected chi connectivity index (χ0v) is 55.4. The van der Waals surface area contributed by atoms with Crippen molar-refractivity contribution in [3.05, 3.63) is 18.2 Å². The number of primary amides is 1. The summed E-state index contributed by atoms with van der Waals surface area (Å²) < 4.78 is 0. The lowest BCUT2D eigenvalue weighted by Gasteiger charge is -2.30. The molecule has 11 atom stereocenters. The van der Waals surface area contributed by atoms with Crippen LogP contribution in [0.2, 0.25) is 0 Å². The normalized spacial score (nSPS) is 17.9. The number of rotatable bonds is 39. The molecule has 1 aromatic heterocycles. The van der Waals surface area contributed by atoms with Gasteiger partial charge in [-0.3, -0.25) is 57.7 Å². The van der Waals surface area contributed by atoms with Crippen LogP contribution in [0.3, 0.4) is 0 Å². The molecule has 0 unspecified atom stereocenters. The highest BCUT2D eigenvalue weighted by atomic mass is 32.2. The maximum absolute atomic E-state index is 14.6. The van der Waals surface area contributed by atoms with E-state index in [-0.39, 0.29) is 106 Å². The minimum Gasteiger partial charge on any atom is -0.394 e. The molecule has 11 amide bonds. The van der Waals surface area contributed by atoms with Crippen LogP contribution in [0.4, 0.5) is 0 Å². The summed E-state index contributed by atoms with van der Waals surface area (Å²) in [4.78, 5) is 167. The van der Waals surface area contributed by atoms with E-state index >= 15 is 0 Å². The first-order valence-electron chi connectivity index (χ1n) is 31.6. The molecule has 2 fully saturated rings. The number of aliphatic hydroxyl groups is 1. The van der Waals surface area contributed by atoms with Crippen molar-refractivity contribution in [3.63, 3.8) is 0 Å². The summed E-state index contributed by atoms with van der Waals surface area (Å²) >= 11 is 1.40. The summed E-state index contributed by atoms with van der Waals surface area (Å²) in [5.41, 5.74) is 23.7. The number of nitrogens with zero attached hydrogens (tertiary/aromatic N) is 4. The molecule has 2 aliphatic rings. The summed E-state index contributed by atoms with van der Waals surface area (Å²) in [7, 11) is 0. The highest BCUT2D eigenvalue weighted by Crippen LogP contribution is 2.22. The fraction of sp³-hybridized carbons (Fsp3) is 0.750. The smallest absolute Gasteiger partial charge is 0.248 e. The Kier molecular flexibility index (Phi) is 33.1. The zero-order valence-electron chi connectivity index (χ0n) is 54.6. The first kappa shape index (κ1) is 77.2. The van der Waals surface area contributed by atoms with Crippen LogP contribution in [-0.2, 0) is 59.2 Å². The van der Waals surface area contributed by atoms with E-state index in [1.54, 1.807) is 6.20 Å². The van der Waals surface area contributed by atoms with Crippen molar-refractivity contribution in [2.75, 3.05) is 38.2 Å². The first-order chi connectivity index (χ1) is 42.4. The van der Waals surface area contributed by atoms with Gasteiger partial charge in [-0.2, -0.15) is 11.8 Å². The predicted octanol–water partition coefficient (Wildman–Crippen LogP) is -1.35. The molecule has 2 saturated heterocycles. The van der Waals surface area contributed by atoms with E-state index in [1.807, 2.05) is 75.5 Å². The largest absolute Gasteiger partial charge is 0.394 e. The third-order valence-corrected chi connectivity index (χ3v) is 16.0. The van der Waals surface area contributed by atoms with Crippen molar-refractivity contribution < 1.29 is 57.8 Å². The molecule has 0 bridgehead atoms. The van der Waals surface area contributed by atoms with E-state index in [0.29, 0.717) is 43.7 Å². The molecule has 508 valence electrons. The standard InChI is InChI=1S/C60H105N17O12S/c1-32(2)23-41(71-55(85)45(27-36(9)10)74-57(87)48-17-14-21-77(48)58(88)38(61)28-37-29-65-31-67-37)52(82)69-40(18-22-90-11)51(81)68-39(15-12-19-66-60(63)64)50(80)70-42(24-33(3)4)53(83)72-43(25-34(5)6)54(84)73-44(26-35(7)8)56(86)75-46(30-78)59(89)76-20-13-16-47(76)49(62)79/h29,31-36,38-48,78H,12-28,30,61H2,1-11H3,(H2,62,79)(H,65,67)(H,68,81)(H,69,82)(H,70,80)(H,71,85)(H,72,83)(H,73,84)(H,74,87)(H,75,86)(H4,63,64,66)/t38-,39-,40-,41-,42-,43-,44-,45-,46-,47-,48-/m0/s1. The predicted molar refractivity (Wildman–Crippen MR) is 342 cm³/mol. The van der Waals surface area contributed by atoms with Gasteiger partial charge in [-0.05, 0) is 119 Å². The van der Waals surface area contributed by atoms with Gasteiger partial charge in [0, 0.05) is 37.9 Å². The van der Waals surface area contributed by atoms with Gasteiger partial charge in [-0.15, -0.1) is 0 Å². The Bertz CT molecular complexity index is 2570. The van der Waals surface area contributed by atoms with Crippen molar-refractivity contribution in [1.82, 2.24) is 62.3 Å². The molecule has 0 spiro atoms. The van der Waals surface area contributed by atoms with E-state index in [4.69, 9.17) is 22.9 Å². The van der Waals surface area contributed by atoms with Crippen LogP contribution in [0.1, 0.15) is 152 Å². The van der Waals surface area contributed by atoms with Gasteiger partial charge in [0.25, 0.3) is 0 Å². The van der Waals surface area contributed by atoms with Gasteiger partial charge in [-0.1, -0.05) is 69.2 Å². The zero-order chi connectivity index (χ0) is 67.5. The molecular formula is C60H105N17O12S. The Morgan fingerprint density at radius 1 is 0.567 bits per heavy atom. The molecule has 3 heterocycles. The van der Waals surface area contributed by atoms with Gasteiger partial charge in [0.1, 0.15) is 60.4 Å². The number of guanidine groups is 1. The van der Waals surface area contributed by atoms with E-state index in [1.165, 1.54) is 27.9 Å². The maximum Gasteiger partial charge on any atom is 0.248 e. The molecule has 90 heavy (non-hydrogen) atoms. The highest BCUT2D eigenvalue weighted by molar-refractivity contribution is 7.98. The van der Waals surface area contributed by atoms with Gasteiger partial charge in [-0.25, -0.2) is 4.98 Å². The topological polar surface area (TPSA) is 456 Å². The number of H-pyrrole nitrogens is 1. The average Bonchev–Trinajstić information content (AvgIpc) is 1.78. The van der Waals surface area contributed by atoms with Gasteiger partial charge >= 0.3 is 0 Å². The Hall–Kier alpha value is -7.08. The van der Waals surface area contributed by atoms with E-state index in [2.05, 4.69) is 57.5 Å².